The predicted molar refractivity (Wildman–Crippen MR) is 237 cm³/mol. The summed E-state index contributed by atoms with van der Waals surface area (Å²) in [6.07, 6.45) is 7.81. The first kappa shape index (κ1) is 40.6. The first-order valence-corrected chi connectivity index (χ1v) is 19.8. The number of allylic oxidation sites excluding steroid dienone is 1. The molecule has 0 spiro atoms. The number of carbonyl (C=O) groups is 1. The van der Waals surface area contributed by atoms with Crippen LogP contribution in [0, 0.1) is 5.92 Å². The first-order chi connectivity index (χ1) is 28.6. The van der Waals surface area contributed by atoms with Crippen LogP contribution in [0.2, 0.25) is 0 Å². The fourth-order valence-corrected chi connectivity index (χ4v) is 7.00. The van der Waals surface area contributed by atoms with Crippen molar-refractivity contribution in [3.8, 4) is 11.5 Å². The summed E-state index contributed by atoms with van der Waals surface area (Å²) in [7, 11) is 9.79. The van der Waals surface area contributed by atoms with Crippen molar-refractivity contribution in [3.05, 3.63) is 96.2 Å². The van der Waals surface area contributed by atoms with E-state index in [4.69, 9.17) is 15.0 Å². The van der Waals surface area contributed by atoms with Gasteiger partial charge in [-0.3, -0.25) is 4.79 Å². The molecular formula is C44H52N12O3. The second-order valence-electron chi connectivity index (χ2n) is 15.2. The van der Waals surface area contributed by atoms with Crippen molar-refractivity contribution in [1.82, 2.24) is 29.7 Å². The van der Waals surface area contributed by atoms with Gasteiger partial charge >= 0.3 is 0 Å². The molecule has 2 heterocycles. The number of fused-ring (bicyclic) bond motifs is 5. The van der Waals surface area contributed by atoms with Crippen LogP contribution in [0.5, 0.6) is 11.5 Å². The van der Waals surface area contributed by atoms with E-state index < -0.39 is 5.91 Å². The van der Waals surface area contributed by atoms with E-state index in [0.717, 1.165) is 71.9 Å². The molecule has 306 valence electrons. The lowest BCUT2D eigenvalue weighted by atomic mass is 9.96. The Morgan fingerprint density at radius 1 is 0.881 bits per heavy atom. The van der Waals surface area contributed by atoms with E-state index in [1.807, 2.05) is 49.4 Å². The molecule has 0 fully saturated rings. The van der Waals surface area contributed by atoms with Crippen LogP contribution in [-0.4, -0.2) is 108 Å². The zero-order valence-electron chi connectivity index (χ0n) is 34.4. The molecule has 0 aliphatic heterocycles. The smallest absolute Gasteiger partial charge is 0.259 e. The number of nitrogens with one attached hydrogen (secondary N) is 5. The van der Waals surface area contributed by atoms with E-state index in [2.05, 4.69) is 91.3 Å². The molecule has 7 rings (SSSR count). The number of ether oxygens (including phenoxy) is 1. The molecular weight excluding hydrogens is 745 g/mol. The van der Waals surface area contributed by atoms with Crippen molar-refractivity contribution in [2.75, 3.05) is 82.7 Å². The summed E-state index contributed by atoms with van der Waals surface area (Å²) in [5.74, 6) is 1.22. The maximum Gasteiger partial charge on any atom is 0.259 e. The number of carbonyl (C=O) groups excluding carboxylic acids is 1. The van der Waals surface area contributed by atoms with Crippen LogP contribution in [0.1, 0.15) is 30.1 Å². The Balaban J connectivity index is 1.16. The molecule has 1 aliphatic rings. The third-order valence-corrected chi connectivity index (χ3v) is 10.1. The Morgan fingerprint density at radius 2 is 1.56 bits per heavy atom. The Hall–Kier alpha value is -6.58. The highest BCUT2D eigenvalue weighted by atomic mass is 16.5. The van der Waals surface area contributed by atoms with E-state index in [9.17, 15) is 9.90 Å². The quantitative estimate of drug-likeness (QED) is 0.0389. The van der Waals surface area contributed by atoms with Gasteiger partial charge in [-0.1, -0.05) is 49.4 Å². The van der Waals surface area contributed by atoms with Crippen LogP contribution in [0.3, 0.4) is 0 Å². The summed E-state index contributed by atoms with van der Waals surface area (Å²) in [4.78, 5) is 35.5. The summed E-state index contributed by atoms with van der Waals surface area (Å²) in [5, 5.41) is 37.7. The van der Waals surface area contributed by atoms with Crippen molar-refractivity contribution >= 4 is 67.7 Å². The number of hydrogen-bond donors (Lipinski definition) is 6. The molecule has 1 amide bonds. The molecule has 0 bridgehead atoms. The number of azo groups is 1. The summed E-state index contributed by atoms with van der Waals surface area (Å²) >= 11 is 0. The molecule has 2 atom stereocenters. The fourth-order valence-electron chi connectivity index (χ4n) is 7.00. The van der Waals surface area contributed by atoms with Gasteiger partial charge in [-0.2, -0.15) is 25.2 Å². The number of aromatic nitrogens is 4. The summed E-state index contributed by atoms with van der Waals surface area (Å²) in [6, 6.07) is 20.3. The molecule has 6 N–H and O–H groups in total. The summed E-state index contributed by atoms with van der Waals surface area (Å²) in [5.41, 5.74) is 3.38. The molecule has 0 saturated heterocycles. The van der Waals surface area contributed by atoms with Gasteiger partial charge in [0.1, 0.15) is 11.4 Å². The number of phenols is 1. The van der Waals surface area contributed by atoms with Crippen molar-refractivity contribution in [1.29, 1.82) is 0 Å². The maximum atomic E-state index is 13.7. The maximum absolute atomic E-state index is 13.7. The number of aromatic amines is 1. The molecule has 59 heavy (non-hydrogen) atoms. The normalized spacial score (nSPS) is 15.4. The van der Waals surface area contributed by atoms with Gasteiger partial charge < -0.3 is 45.9 Å². The topological polar surface area (TPSA) is 180 Å². The molecule has 0 saturated carbocycles. The summed E-state index contributed by atoms with van der Waals surface area (Å²) < 4.78 is 5.26. The van der Waals surface area contributed by atoms with Crippen molar-refractivity contribution in [3.63, 3.8) is 0 Å². The molecule has 2 aromatic heterocycles. The Morgan fingerprint density at radius 3 is 2.22 bits per heavy atom. The van der Waals surface area contributed by atoms with E-state index in [0.29, 0.717) is 34.7 Å². The molecule has 4 aromatic carbocycles. The zero-order chi connectivity index (χ0) is 41.5. The van der Waals surface area contributed by atoms with Crippen LogP contribution in [0.4, 0.5) is 29.2 Å². The predicted octanol–water partition coefficient (Wildman–Crippen LogP) is 8.01. The average Bonchev–Trinajstić information content (AvgIpc) is 3.60. The molecule has 6 aromatic rings. The zero-order valence-corrected chi connectivity index (χ0v) is 34.4. The van der Waals surface area contributed by atoms with Crippen LogP contribution in [0.15, 0.2) is 101 Å². The number of amides is 1. The highest BCUT2D eigenvalue weighted by molar-refractivity contribution is 6.22. The van der Waals surface area contributed by atoms with E-state index in [1.54, 1.807) is 37.4 Å². The van der Waals surface area contributed by atoms with E-state index >= 15 is 0 Å². The van der Waals surface area contributed by atoms with Gasteiger partial charge in [0.15, 0.2) is 5.75 Å². The van der Waals surface area contributed by atoms with Gasteiger partial charge in [-0.15, -0.1) is 0 Å². The number of H-pyrrole nitrogens is 1. The number of anilines is 4. The SMILES string of the molecule is COc1ccc(NC(=O)c2cc3ccc4c5ccccc5[nH]c4c3c(N=NC3C=CC(Nc4nc(NCCCN(C)C)nc(NCCCN(C)C)n4)=CC3C)c2O)cc1. The number of hydrogen-bond acceptors (Lipinski definition) is 13. The van der Waals surface area contributed by atoms with Crippen molar-refractivity contribution in [2.45, 2.75) is 25.8 Å². The lowest BCUT2D eigenvalue weighted by molar-refractivity contribution is 0.102. The minimum Gasteiger partial charge on any atom is -0.505 e. The molecule has 2 unspecified atom stereocenters. The highest BCUT2D eigenvalue weighted by Gasteiger charge is 2.23. The monoisotopic (exact) mass is 796 g/mol. The number of phenolic OH excluding ortho intramolecular Hbond substituents is 1. The molecule has 1 aliphatic carbocycles. The number of benzene rings is 4. The Labute approximate surface area is 343 Å². The molecule has 15 heteroatoms. The van der Waals surface area contributed by atoms with Gasteiger partial charge in [0.05, 0.1) is 24.2 Å². The van der Waals surface area contributed by atoms with Crippen LogP contribution in [-0.2, 0) is 0 Å². The van der Waals surface area contributed by atoms with Gasteiger partial charge in [-0.05, 0) is 102 Å². The van der Waals surface area contributed by atoms with Gasteiger partial charge in [-0.25, -0.2) is 0 Å². The molecule has 0 radical (unpaired) electrons. The average molecular weight is 797 g/mol. The number of nitrogens with zero attached hydrogens (tertiary/aromatic N) is 7. The molecule has 15 nitrogen and oxygen atoms in total. The van der Waals surface area contributed by atoms with Crippen molar-refractivity contribution < 1.29 is 14.6 Å². The Bertz CT molecular complexity index is 2490. The lowest BCUT2D eigenvalue weighted by Gasteiger charge is -2.20. The highest BCUT2D eigenvalue weighted by Crippen LogP contribution is 2.44. The third-order valence-electron chi connectivity index (χ3n) is 10.1. The standard InChI is InChI=1S/C44H52N12O3/c1-27-25-30(48-44-51-42(45-21-9-23-55(2)3)50-43(52-44)46-22-10-24-56(4)5)16-20-35(27)53-54-39-37-28(13-19-33-32-11-7-8-12-36(32)49-38(33)37)26-34(40(39)57)41(58)47-29-14-17-31(59-6)18-15-29/h7-8,11-20,25-27,35,49,57H,9-10,21-24H2,1-6H3,(H,47,58)(H3,45,46,48,50,51,52). The second kappa shape index (κ2) is 18.3. The second-order valence-corrected chi connectivity index (χ2v) is 15.2. The van der Waals surface area contributed by atoms with E-state index in [1.165, 1.54) is 0 Å². The number of rotatable bonds is 17. The lowest BCUT2D eigenvalue weighted by Crippen LogP contribution is -2.20. The third kappa shape index (κ3) is 9.76. The van der Waals surface area contributed by atoms with Crippen LogP contribution >= 0.6 is 0 Å². The number of para-hydroxylation sites is 1. The number of methoxy groups -OCH3 is 1. The largest absolute Gasteiger partial charge is 0.505 e. The Kier molecular flexibility index (Phi) is 12.6. The van der Waals surface area contributed by atoms with Crippen LogP contribution in [0.25, 0.3) is 32.6 Å². The number of aromatic hydroxyl groups is 1. The van der Waals surface area contributed by atoms with Gasteiger partial charge in [0.2, 0.25) is 17.8 Å². The first-order valence-electron chi connectivity index (χ1n) is 19.8. The van der Waals surface area contributed by atoms with Gasteiger partial charge in [0, 0.05) is 52.1 Å². The van der Waals surface area contributed by atoms with Crippen molar-refractivity contribution in [2.24, 2.45) is 16.1 Å². The minimum absolute atomic E-state index is 0.0758. The van der Waals surface area contributed by atoms with Gasteiger partial charge in [0.25, 0.3) is 5.91 Å². The van der Waals surface area contributed by atoms with Crippen LogP contribution < -0.4 is 26.0 Å². The fraction of sp³-hybridized carbons (Fsp3) is 0.318. The summed E-state index contributed by atoms with van der Waals surface area (Å²) in [6.45, 7) is 5.38. The van der Waals surface area contributed by atoms with E-state index in [-0.39, 0.29) is 29.0 Å². The minimum atomic E-state index is -0.482.